The first-order valence-electron chi connectivity index (χ1n) is 13.6. The molecule has 0 unspecified atom stereocenters. The Labute approximate surface area is 220 Å². The molecule has 2 aromatic rings. The fourth-order valence-electron chi connectivity index (χ4n) is 5.59. The van der Waals surface area contributed by atoms with E-state index in [1.807, 2.05) is 29.2 Å². The summed E-state index contributed by atoms with van der Waals surface area (Å²) < 4.78 is 16.9. The van der Waals surface area contributed by atoms with Crippen molar-refractivity contribution in [1.29, 1.82) is 0 Å². The topological polar surface area (TPSA) is 91.1 Å². The van der Waals surface area contributed by atoms with Crippen LogP contribution >= 0.6 is 0 Å². The Balaban J connectivity index is 1.41. The second kappa shape index (κ2) is 13.4. The smallest absolute Gasteiger partial charge is 0.261 e. The number of methoxy groups -OCH3 is 1. The number of hydrogen-bond donors (Lipinski definition) is 1. The van der Waals surface area contributed by atoms with Crippen LogP contribution in [0.1, 0.15) is 81.3 Å². The predicted molar refractivity (Wildman–Crippen MR) is 143 cm³/mol. The summed E-state index contributed by atoms with van der Waals surface area (Å²) in [5.74, 6) is 1.76. The third-order valence-corrected chi connectivity index (χ3v) is 7.61. The van der Waals surface area contributed by atoms with Gasteiger partial charge in [0.05, 0.1) is 7.11 Å². The number of benzene rings is 2. The largest absolute Gasteiger partial charge is 0.493 e. The molecule has 2 aromatic carbocycles. The Morgan fingerprint density at radius 3 is 2.16 bits per heavy atom. The molecule has 2 aliphatic rings. The standard InChI is InChI=1S/C30H40N2O5/c1-35-28-18-22(12-17-27(28)37-20-29(31)33)19-32(25-10-6-3-7-11-25)30(34)21-36-26-15-13-24(14-16-26)23-8-4-2-5-9-23/h12-18,23,25H,2-11,19-21H2,1H3,(H2,31,33). The molecule has 0 aliphatic heterocycles. The zero-order valence-electron chi connectivity index (χ0n) is 22.0. The molecule has 0 spiro atoms. The summed E-state index contributed by atoms with van der Waals surface area (Å²) in [4.78, 5) is 26.5. The number of carbonyl (C=O) groups excluding carboxylic acids is 2. The summed E-state index contributed by atoms with van der Waals surface area (Å²) in [7, 11) is 1.55. The molecule has 2 fully saturated rings. The van der Waals surface area contributed by atoms with E-state index in [1.165, 1.54) is 44.1 Å². The van der Waals surface area contributed by atoms with Gasteiger partial charge < -0.3 is 24.8 Å². The minimum absolute atomic E-state index is 0.0101. The summed E-state index contributed by atoms with van der Waals surface area (Å²) in [6.45, 7) is 0.248. The van der Waals surface area contributed by atoms with Gasteiger partial charge in [-0.15, -0.1) is 0 Å². The van der Waals surface area contributed by atoms with Crippen LogP contribution in [0.15, 0.2) is 42.5 Å². The van der Waals surface area contributed by atoms with Gasteiger partial charge in [-0.2, -0.15) is 0 Å². The Bertz CT molecular complexity index is 1030. The van der Waals surface area contributed by atoms with E-state index in [2.05, 4.69) is 12.1 Å². The third kappa shape index (κ3) is 7.63. The summed E-state index contributed by atoms with van der Waals surface area (Å²) in [5, 5.41) is 0. The van der Waals surface area contributed by atoms with E-state index >= 15 is 0 Å². The van der Waals surface area contributed by atoms with Crippen LogP contribution < -0.4 is 19.9 Å². The van der Waals surface area contributed by atoms with E-state index in [0.717, 1.165) is 37.0 Å². The lowest BCUT2D eigenvalue weighted by Gasteiger charge is -2.34. The van der Waals surface area contributed by atoms with Crippen LogP contribution in [-0.2, 0) is 16.1 Å². The Hall–Kier alpha value is -3.22. The molecule has 200 valence electrons. The second-order valence-corrected chi connectivity index (χ2v) is 10.2. The van der Waals surface area contributed by atoms with Gasteiger partial charge in [0.2, 0.25) is 0 Å². The minimum atomic E-state index is -0.552. The molecule has 0 bridgehead atoms. The lowest BCUT2D eigenvalue weighted by Crippen LogP contribution is -2.43. The van der Waals surface area contributed by atoms with Gasteiger partial charge in [0, 0.05) is 12.6 Å². The SMILES string of the molecule is COc1cc(CN(C(=O)COc2ccc(C3CCCCC3)cc2)C2CCCCC2)ccc1OCC(N)=O. The third-order valence-electron chi connectivity index (χ3n) is 7.61. The Morgan fingerprint density at radius 2 is 1.51 bits per heavy atom. The number of rotatable bonds is 11. The van der Waals surface area contributed by atoms with Crippen LogP contribution in [-0.4, -0.2) is 43.1 Å². The first kappa shape index (κ1) is 26.8. The van der Waals surface area contributed by atoms with Gasteiger partial charge in [0.1, 0.15) is 5.75 Å². The highest BCUT2D eigenvalue weighted by atomic mass is 16.5. The number of carbonyl (C=O) groups is 2. The molecule has 0 aromatic heterocycles. The van der Waals surface area contributed by atoms with E-state index in [4.69, 9.17) is 19.9 Å². The fourth-order valence-corrected chi connectivity index (χ4v) is 5.59. The molecule has 2 N–H and O–H groups in total. The summed E-state index contributed by atoms with van der Waals surface area (Å²) in [6.07, 6.45) is 11.9. The molecule has 7 heteroatoms. The molecule has 7 nitrogen and oxygen atoms in total. The van der Waals surface area contributed by atoms with E-state index in [9.17, 15) is 9.59 Å². The van der Waals surface area contributed by atoms with Gasteiger partial charge >= 0.3 is 0 Å². The van der Waals surface area contributed by atoms with Crippen LogP contribution in [0.2, 0.25) is 0 Å². The number of hydrogen-bond acceptors (Lipinski definition) is 5. The number of primary amides is 1. The van der Waals surface area contributed by atoms with E-state index in [0.29, 0.717) is 24.0 Å². The van der Waals surface area contributed by atoms with Crippen molar-refractivity contribution in [2.24, 2.45) is 5.73 Å². The van der Waals surface area contributed by atoms with Crippen molar-refractivity contribution >= 4 is 11.8 Å². The Morgan fingerprint density at radius 1 is 0.838 bits per heavy atom. The number of ether oxygens (including phenoxy) is 3. The Kier molecular flexibility index (Phi) is 9.69. The summed E-state index contributed by atoms with van der Waals surface area (Å²) in [5.41, 5.74) is 7.50. The molecule has 0 radical (unpaired) electrons. The number of amides is 2. The average molecular weight is 509 g/mol. The lowest BCUT2D eigenvalue weighted by molar-refractivity contribution is -0.137. The molecule has 2 aliphatic carbocycles. The van der Waals surface area contributed by atoms with Gasteiger partial charge in [-0.25, -0.2) is 0 Å². The van der Waals surface area contributed by atoms with Gasteiger partial charge in [-0.3, -0.25) is 9.59 Å². The van der Waals surface area contributed by atoms with Gasteiger partial charge in [0.25, 0.3) is 11.8 Å². The van der Waals surface area contributed by atoms with Crippen LogP contribution in [0, 0.1) is 0 Å². The number of nitrogens with two attached hydrogens (primary N) is 1. The van der Waals surface area contributed by atoms with Gasteiger partial charge in [-0.05, 0) is 67.0 Å². The molecule has 37 heavy (non-hydrogen) atoms. The van der Waals surface area contributed by atoms with E-state index in [1.54, 1.807) is 13.2 Å². The average Bonchev–Trinajstić information content (AvgIpc) is 2.95. The maximum Gasteiger partial charge on any atom is 0.261 e. The highest BCUT2D eigenvalue weighted by Crippen LogP contribution is 2.33. The number of nitrogens with zero attached hydrogens (tertiary/aromatic N) is 1. The van der Waals surface area contributed by atoms with Crippen molar-refractivity contribution in [1.82, 2.24) is 4.90 Å². The molecule has 2 amide bonds. The second-order valence-electron chi connectivity index (χ2n) is 10.2. The van der Waals surface area contributed by atoms with Crippen molar-refractivity contribution in [3.63, 3.8) is 0 Å². The maximum absolute atomic E-state index is 13.4. The van der Waals surface area contributed by atoms with Crippen LogP contribution in [0.3, 0.4) is 0 Å². The van der Waals surface area contributed by atoms with Crippen molar-refractivity contribution in [3.8, 4) is 17.2 Å². The maximum atomic E-state index is 13.4. The van der Waals surface area contributed by atoms with Gasteiger partial charge in [-0.1, -0.05) is 56.7 Å². The molecule has 0 saturated heterocycles. The molecular weight excluding hydrogens is 468 g/mol. The van der Waals surface area contributed by atoms with E-state index in [-0.39, 0.29) is 25.2 Å². The van der Waals surface area contributed by atoms with Crippen molar-refractivity contribution < 1.29 is 23.8 Å². The molecule has 4 rings (SSSR count). The summed E-state index contributed by atoms with van der Waals surface area (Å²) in [6, 6.07) is 14.0. The minimum Gasteiger partial charge on any atom is -0.493 e. The lowest BCUT2D eigenvalue weighted by atomic mass is 9.84. The molecular formula is C30H40N2O5. The van der Waals surface area contributed by atoms with Crippen LogP contribution in [0.5, 0.6) is 17.2 Å². The molecule has 2 saturated carbocycles. The van der Waals surface area contributed by atoms with Gasteiger partial charge in [0.15, 0.2) is 24.7 Å². The monoisotopic (exact) mass is 508 g/mol. The quantitative estimate of drug-likeness (QED) is 0.442. The highest BCUT2D eigenvalue weighted by molar-refractivity contribution is 5.78. The van der Waals surface area contributed by atoms with Crippen molar-refractivity contribution in [3.05, 3.63) is 53.6 Å². The summed E-state index contributed by atoms with van der Waals surface area (Å²) >= 11 is 0. The van der Waals surface area contributed by atoms with Crippen molar-refractivity contribution in [2.45, 2.75) is 82.7 Å². The molecule has 0 atom stereocenters. The van der Waals surface area contributed by atoms with Crippen LogP contribution in [0.4, 0.5) is 0 Å². The zero-order valence-corrected chi connectivity index (χ0v) is 22.0. The predicted octanol–water partition coefficient (Wildman–Crippen LogP) is 5.35. The molecule has 0 heterocycles. The first-order valence-corrected chi connectivity index (χ1v) is 13.6. The van der Waals surface area contributed by atoms with Crippen molar-refractivity contribution in [2.75, 3.05) is 20.3 Å². The highest BCUT2D eigenvalue weighted by Gasteiger charge is 2.26. The normalized spacial score (nSPS) is 16.7. The zero-order chi connectivity index (χ0) is 26.0. The fraction of sp³-hybridized carbons (Fsp3) is 0.533. The van der Waals surface area contributed by atoms with E-state index < -0.39 is 5.91 Å². The van der Waals surface area contributed by atoms with Crippen LogP contribution in [0.25, 0.3) is 0 Å². The first-order chi connectivity index (χ1) is 18.0.